The topological polar surface area (TPSA) is 96.7 Å². The third-order valence-electron chi connectivity index (χ3n) is 5.68. The highest BCUT2D eigenvalue weighted by molar-refractivity contribution is 5.83. The van der Waals surface area contributed by atoms with Gasteiger partial charge in [0.2, 0.25) is 0 Å². The average molecular weight is 434 g/mol. The van der Waals surface area contributed by atoms with Gasteiger partial charge in [-0.05, 0) is 36.6 Å². The number of nitrogens with one attached hydrogen (secondary N) is 1. The summed E-state index contributed by atoms with van der Waals surface area (Å²) in [6.45, 7) is 2.81. The van der Waals surface area contributed by atoms with Crippen LogP contribution in [0.15, 0.2) is 54.7 Å². The predicted octanol–water partition coefficient (Wildman–Crippen LogP) is 4.33. The van der Waals surface area contributed by atoms with Crippen LogP contribution in [0.4, 0.5) is 9.59 Å². The molecule has 0 unspecified atom stereocenters. The van der Waals surface area contributed by atoms with Crippen LogP contribution in [0.2, 0.25) is 0 Å². The van der Waals surface area contributed by atoms with E-state index in [0.717, 1.165) is 33.4 Å². The Morgan fingerprint density at radius 2 is 2.03 bits per heavy atom. The van der Waals surface area contributed by atoms with Gasteiger partial charge in [-0.15, -0.1) is 0 Å². The Labute approximate surface area is 186 Å². The molecule has 0 spiro atoms. The molecule has 0 aliphatic carbocycles. The first kappa shape index (κ1) is 21.4. The van der Waals surface area contributed by atoms with Crippen molar-refractivity contribution in [1.82, 2.24) is 19.8 Å². The molecule has 32 heavy (non-hydrogen) atoms. The number of benzene rings is 1. The Hall–Kier alpha value is -3.81. The average Bonchev–Trinajstić information content (AvgIpc) is 3.17. The fourth-order valence-corrected chi connectivity index (χ4v) is 3.88. The van der Waals surface area contributed by atoms with Crippen LogP contribution in [0.25, 0.3) is 16.6 Å². The molecule has 166 valence electrons. The third kappa shape index (κ3) is 4.59. The monoisotopic (exact) mass is 434 g/mol. The quantitative estimate of drug-likeness (QED) is 0.623. The molecular formula is C24H26N4O4. The van der Waals surface area contributed by atoms with Crippen LogP contribution in [0.1, 0.15) is 36.2 Å². The summed E-state index contributed by atoms with van der Waals surface area (Å²) in [6, 6.07) is 13.1. The van der Waals surface area contributed by atoms with Gasteiger partial charge in [-0.3, -0.25) is 0 Å². The van der Waals surface area contributed by atoms with Gasteiger partial charge in [-0.1, -0.05) is 36.4 Å². The molecule has 0 saturated heterocycles. The number of alkyl carbamates (subject to hydrolysis) is 1. The zero-order valence-electron chi connectivity index (χ0n) is 18.1. The summed E-state index contributed by atoms with van der Waals surface area (Å²) in [5, 5.41) is 12.1. The molecule has 0 fully saturated rings. The van der Waals surface area contributed by atoms with Gasteiger partial charge < -0.3 is 24.6 Å². The van der Waals surface area contributed by atoms with Crippen molar-refractivity contribution in [1.29, 1.82) is 0 Å². The van der Waals surface area contributed by atoms with Gasteiger partial charge in [0.15, 0.2) is 0 Å². The van der Waals surface area contributed by atoms with Gasteiger partial charge in [0.25, 0.3) is 0 Å². The number of carbonyl (C=O) groups excluding carboxylic acids is 1. The number of aromatic nitrogens is 2. The summed E-state index contributed by atoms with van der Waals surface area (Å²) in [7, 11) is 1.96. The fourth-order valence-electron chi connectivity index (χ4n) is 3.88. The van der Waals surface area contributed by atoms with E-state index in [0.29, 0.717) is 19.5 Å². The highest BCUT2D eigenvalue weighted by Crippen LogP contribution is 2.31. The second kappa shape index (κ2) is 9.13. The maximum Gasteiger partial charge on any atom is 0.407 e. The summed E-state index contributed by atoms with van der Waals surface area (Å²) in [6.07, 6.45) is 3.01. The number of hydrogen-bond acceptors (Lipinski definition) is 4. The number of aryl methyl sites for hydroxylation is 1. The second-order valence-electron chi connectivity index (χ2n) is 7.89. The Kier molecular flexibility index (Phi) is 6.11. The zero-order valence-corrected chi connectivity index (χ0v) is 18.1. The van der Waals surface area contributed by atoms with Crippen molar-refractivity contribution < 1.29 is 19.4 Å². The van der Waals surface area contributed by atoms with E-state index in [2.05, 4.69) is 11.4 Å². The number of carbonyl (C=O) groups is 2. The lowest BCUT2D eigenvalue weighted by Crippen LogP contribution is -2.33. The Bertz CT molecular complexity index is 1170. The highest BCUT2D eigenvalue weighted by atomic mass is 16.5. The summed E-state index contributed by atoms with van der Waals surface area (Å²) in [5.41, 5.74) is 5.40. The Morgan fingerprint density at radius 3 is 2.72 bits per heavy atom. The van der Waals surface area contributed by atoms with Crippen molar-refractivity contribution in [2.75, 3.05) is 13.1 Å². The molecule has 1 atom stereocenters. The molecule has 2 amide bonds. The number of ether oxygens (including phenoxy) is 1. The van der Waals surface area contributed by atoms with E-state index in [-0.39, 0.29) is 6.61 Å². The molecular weight excluding hydrogens is 408 g/mol. The van der Waals surface area contributed by atoms with Crippen molar-refractivity contribution in [3.8, 4) is 0 Å². The van der Waals surface area contributed by atoms with Gasteiger partial charge in [0, 0.05) is 31.9 Å². The number of fused-ring (bicyclic) bond motifs is 1. The van der Waals surface area contributed by atoms with Gasteiger partial charge in [0.05, 0.1) is 22.8 Å². The summed E-state index contributed by atoms with van der Waals surface area (Å²) in [5.74, 6) is 0. The van der Waals surface area contributed by atoms with E-state index < -0.39 is 18.2 Å². The Balaban J connectivity index is 1.57. The van der Waals surface area contributed by atoms with Gasteiger partial charge in [-0.2, -0.15) is 0 Å². The lowest BCUT2D eigenvalue weighted by Gasteiger charge is -2.26. The van der Waals surface area contributed by atoms with Crippen LogP contribution in [0.3, 0.4) is 0 Å². The molecule has 2 aromatic heterocycles. The van der Waals surface area contributed by atoms with Crippen molar-refractivity contribution in [3.05, 3.63) is 71.6 Å². The van der Waals surface area contributed by atoms with E-state index in [4.69, 9.17) is 9.72 Å². The van der Waals surface area contributed by atoms with Crippen LogP contribution in [0, 0.1) is 0 Å². The number of rotatable bonds is 5. The molecule has 3 aromatic rings. The first-order chi connectivity index (χ1) is 15.4. The summed E-state index contributed by atoms with van der Waals surface area (Å²) >= 11 is 0. The second-order valence-corrected chi connectivity index (χ2v) is 7.89. The van der Waals surface area contributed by atoms with Crippen LogP contribution < -0.4 is 5.32 Å². The molecule has 1 aliphatic heterocycles. The number of nitrogens with zero attached hydrogens (tertiary/aromatic N) is 3. The van der Waals surface area contributed by atoms with Crippen molar-refractivity contribution in [2.45, 2.75) is 26.0 Å². The first-order valence-electron chi connectivity index (χ1n) is 10.5. The third-order valence-corrected chi connectivity index (χ3v) is 5.68. The number of hydrogen-bond donors (Lipinski definition) is 2. The number of pyridine rings is 1. The first-order valence-corrected chi connectivity index (χ1v) is 10.5. The minimum atomic E-state index is -0.923. The van der Waals surface area contributed by atoms with E-state index >= 15 is 0 Å². The smallest absolute Gasteiger partial charge is 0.407 e. The molecule has 0 radical (unpaired) electrons. The van der Waals surface area contributed by atoms with Crippen molar-refractivity contribution >= 4 is 28.8 Å². The number of amides is 2. The SMILES string of the molecule is C[C@H](NC(=O)OCc1ccccc1)c1nc2ccn(C)c2cc1C1=CCN(C(=O)O)CC1. The van der Waals surface area contributed by atoms with E-state index in [1.807, 2.05) is 67.2 Å². The van der Waals surface area contributed by atoms with Gasteiger partial charge in [0.1, 0.15) is 6.61 Å². The number of carboxylic acid groups (broad SMARTS) is 1. The van der Waals surface area contributed by atoms with Gasteiger partial charge >= 0.3 is 12.2 Å². The molecule has 3 heterocycles. The molecule has 0 bridgehead atoms. The normalized spacial score (nSPS) is 14.7. The highest BCUT2D eigenvalue weighted by Gasteiger charge is 2.23. The lowest BCUT2D eigenvalue weighted by molar-refractivity contribution is 0.136. The Morgan fingerprint density at radius 1 is 1.25 bits per heavy atom. The fraction of sp³-hybridized carbons (Fsp3) is 0.292. The zero-order chi connectivity index (χ0) is 22.7. The molecule has 1 aromatic carbocycles. The summed E-state index contributed by atoms with van der Waals surface area (Å²) < 4.78 is 7.36. The lowest BCUT2D eigenvalue weighted by atomic mass is 9.95. The summed E-state index contributed by atoms with van der Waals surface area (Å²) in [4.78, 5) is 29.9. The molecule has 8 nitrogen and oxygen atoms in total. The molecule has 0 saturated carbocycles. The largest absolute Gasteiger partial charge is 0.465 e. The molecule has 8 heteroatoms. The molecule has 1 aliphatic rings. The predicted molar refractivity (Wildman–Crippen MR) is 121 cm³/mol. The van der Waals surface area contributed by atoms with E-state index in [1.165, 1.54) is 4.90 Å². The minimum Gasteiger partial charge on any atom is -0.465 e. The van der Waals surface area contributed by atoms with E-state index in [1.54, 1.807) is 0 Å². The van der Waals surface area contributed by atoms with Crippen LogP contribution in [-0.2, 0) is 18.4 Å². The van der Waals surface area contributed by atoms with Crippen molar-refractivity contribution in [3.63, 3.8) is 0 Å². The maximum atomic E-state index is 12.4. The van der Waals surface area contributed by atoms with Gasteiger partial charge in [-0.25, -0.2) is 14.6 Å². The van der Waals surface area contributed by atoms with E-state index in [9.17, 15) is 14.7 Å². The standard InChI is InChI=1S/C24H26N4O4/c1-16(25-23(29)32-15-17-6-4-3-5-7-17)22-19(14-21-20(26-22)10-11-27(21)2)18-8-12-28(13-9-18)24(30)31/h3-8,10-11,14,16H,9,12-13,15H2,1-2H3,(H,25,29)(H,30,31)/t16-/m0/s1. The maximum absolute atomic E-state index is 12.4. The van der Waals surface area contributed by atoms with Crippen LogP contribution in [0.5, 0.6) is 0 Å². The van der Waals surface area contributed by atoms with Crippen LogP contribution >= 0.6 is 0 Å². The molecule has 2 N–H and O–H groups in total. The van der Waals surface area contributed by atoms with Crippen LogP contribution in [-0.4, -0.2) is 44.8 Å². The minimum absolute atomic E-state index is 0.188. The molecule has 4 rings (SSSR count). The van der Waals surface area contributed by atoms with Crippen molar-refractivity contribution in [2.24, 2.45) is 7.05 Å².